The first-order chi connectivity index (χ1) is 15.5. The van der Waals surface area contributed by atoms with Crippen LogP contribution in [0.2, 0.25) is 0 Å². The molecule has 1 atom stereocenters. The highest BCUT2D eigenvalue weighted by atomic mass is 32.1. The zero-order chi connectivity index (χ0) is 22.9. The SMILES string of the molecule is CCCCC(CC)c1ccc(-c2ccc(C#Cc3cc(F)c(N=C=S)c(F)c3)cc2)cc1. The van der Waals surface area contributed by atoms with Gasteiger partial charge in [-0.2, -0.15) is 4.99 Å². The minimum absolute atomic E-state index is 0.233. The third-order valence-electron chi connectivity index (χ3n) is 5.52. The molecule has 0 spiro atoms. The van der Waals surface area contributed by atoms with E-state index in [-0.39, 0.29) is 5.56 Å². The van der Waals surface area contributed by atoms with Gasteiger partial charge in [-0.05, 0) is 71.9 Å². The van der Waals surface area contributed by atoms with E-state index in [0.29, 0.717) is 5.92 Å². The van der Waals surface area contributed by atoms with Crippen molar-refractivity contribution in [3.8, 4) is 23.0 Å². The number of halogens is 2. The summed E-state index contributed by atoms with van der Waals surface area (Å²) in [6, 6.07) is 18.9. The largest absolute Gasteiger partial charge is 0.204 e. The van der Waals surface area contributed by atoms with Crippen molar-refractivity contribution in [3.05, 3.63) is 89.0 Å². The van der Waals surface area contributed by atoms with E-state index in [0.717, 1.165) is 35.2 Å². The molecule has 0 fully saturated rings. The van der Waals surface area contributed by atoms with Crippen LogP contribution in [-0.4, -0.2) is 5.16 Å². The molecule has 0 heterocycles. The molecule has 0 saturated heterocycles. The van der Waals surface area contributed by atoms with Crippen LogP contribution < -0.4 is 0 Å². The average Bonchev–Trinajstić information content (AvgIpc) is 2.81. The summed E-state index contributed by atoms with van der Waals surface area (Å²) in [5, 5.41) is 1.97. The van der Waals surface area contributed by atoms with Crippen LogP contribution in [0.25, 0.3) is 11.1 Å². The molecular weight excluding hydrogens is 420 g/mol. The molecule has 0 aliphatic heterocycles. The molecule has 0 aromatic heterocycles. The normalized spacial score (nSPS) is 11.2. The molecule has 1 nitrogen and oxygen atoms in total. The fourth-order valence-corrected chi connectivity index (χ4v) is 3.78. The van der Waals surface area contributed by atoms with Crippen LogP contribution in [0.3, 0.4) is 0 Å². The summed E-state index contributed by atoms with van der Waals surface area (Å²) in [7, 11) is 0. The second kappa shape index (κ2) is 11.5. The minimum atomic E-state index is -0.814. The van der Waals surface area contributed by atoms with E-state index in [1.807, 2.05) is 29.4 Å². The van der Waals surface area contributed by atoms with Crippen LogP contribution in [0.5, 0.6) is 0 Å². The van der Waals surface area contributed by atoms with Crippen LogP contribution in [0.1, 0.15) is 62.1 Å². The molecule has 0 aliphatic rings. The van der Waals surface area contributed by atoms with Gasteiger partial charge in [0.1, 0.15) is 5.69 Å². The Morgan fingerprint density at radius 2 is 1.41 bits per heavy atom. The molecule has 3 aromatic rings. The summed E-state index contributed by atoms with van der Waals surface area (Å²) < 4.78 is 27.9. The zero-order valence-electron chi connectivity index (χ0n) is 18.3. The van der Waals surface area contributed by atoms with E-state index in [2.05, 4.69) is 67.2 Å². The smallest absolute Gasteiger partial charge is 0.153 e. The summed E-state index contributed by atoms with van der Waals surface area (Å²) in [4.78, 5) is 3.40. The van der Waals surface area contributed by atoms with E-state index >= 15 is 0 Å². The second-order valence-corrected chi connectivity index (χ2v) is 7.87. The zero-order valence-corrected chi connectivity index (χ0v) is 19.1. The number of isothiocyanates is 1. The quantitative estimate of drug-likeness (QED) is 0.202. The molecule has 0 saturated carbocycles. The summed E-state index contributed by atoms with van der Waals surface area (Å²) in [6.45, 7) is 4.48. The lowest BCUT2D eigenvalue weighted by molar-refractivity contribution is 0.570. The Morgan fingerprint density at radius 3 is 1.94 bits per heavy atom. The Labute approximate surface area is 194 Å². The maximum absolute atomic E-state index is 13.9. The number of unbranched alkanes of at least 4 members (excludes halogenated alkanes) is 1. The maximum Gasteiger partial charge on any atom is 0.153 e. The summed E-state index contributed by atoms with van der Waals surface area (Å²) in [6.07, 6.45) is 4.87. The molecule has 32 heavy (non-hydrogen) atoms. The van der Waals surface area contributed by atoms with Gasteiger partial charge < -0.3 is 0 Å². The first-order valence-corrected chi connectivity index (χ1v) is 11.3. The van der Waals surface area contributed by atoms with E-state index in [1.54, 1.807) is 0 Å². The Morgan fingerprint density at radius 1 is 0.844 bits per heavy atom. The monoisotopic (exact) mass is 445 g/mol. The number of nitrogens with zero attached hydrogens (tertiary/aromatic N) is 1. The lowest BCUT2D eigenvalue weighted by Gasteiger charge is -2.15. The Bertz CT molecular complexity index is 1140. The Kier molecular flexibility index (Phi) is 8.45. The Hall–Kier alpha value is -3.12. The van der Waals surface area contributed by atoms with Gasteiger partial charge in [0.15, 0.2) is 11.6 Å². The number of hydrogen-bond acceptors (Lipinski definition) is 2. The van der Waals surface area contributed by atoms with E-state index in [4.69, 9.17) is 0 Å². The van der Waals surface area contributed by atoms with E-state index in [9.17, 15) is 8.78 Å². The van der Waals surface area contributed by atoms with E-state index < -0.39 is 17.3 Å². The lowest BCUT2D eigenvalue weighted by Crippen LogP contribution is -1.97. The van der Waals surface area contributed by atoms with Gasteiger partial charge in [0.2, 0.25) is 0 Å². The van der Waals surface area contributed by atoms with Crippen molar-refractivity contribution < 1.29 is 8.78 Å². The van der Waals surface area contributed by atoms with Crippen LogP contribution in [0, 0.1) is 23.5 Å². The van der Waals surface area contributed by atoms with Gasteiger partial charge in [-0.15, -0.1) is 0 Å². The summed E-state index contributed by atoms with van der Waals surface area (Å²) in [5.74, 6) is 4.73. The van der Waals surface area contributed by atoms with Crippen molar-refractivity contribution in [3.63, 3.8) is 0 Å². The predicted molar refractivity (Wildman–Crippen MR) is 131 cm³/mol. The van der Waals surface area contributed by atoms with Crippen molar-refractivity contribution in [1.82, 2.24) is 0 Å². The molecule has 3 rings (SSSR count). The highest BCUT2D eigenvalue weighted by Crippen LogP contribution is 2.28. The van der Waals surface area contributed by atoms with Crippen LogP contribution in [-0.2, 0) is 0 Å². The third kappa shape index (κ3) is 5.98. The van der Waals surface area contributed by atoms with Crippen LogP contribution in [0.15, 0.2) is 65.7 Å². The fourth-order valence-electron chi connectivity index (χ4n) is 3.69. The topological polar surface area (TPSA) is 12.4 Å². The number of rotatable bonds is 7. The van der Waals surface area contributed by atoms with Gasteiger partial charge in [0.25, 0.3) is 0 Å². The van der Waals surface area contributed by atoms with Crippen molar-refractivity contribution in [2.75, 3.05) is 0 Å². The fraction of sp³-hybridized carbons (Fsp3) is 0.250. The highest BCUT2D eigenvalue weighted by Gasteiger charge is 2.10. The second-order valence-electron chi connectivity index (χ2n) is 7.69. The molecule has 162 valence electrons. The van der Waals surface area contributed by atoms with Crippen LogP contribution in [0.4, 0.5) is 14.5 Å². The number of benzene rings is 3. The standard InChI is InChI=1S/C28H25F2NS/c1-3-5-6-22(4-2)23-13-15-25(16-14-23)24-11-9-20(10-12-24)7-8-21-17-26(29)28(31-19-32)27(30)18-21/h9-18,22H,3-6H2,1-2H3. The lowest BCUT2D eigenvalue weighted by atomic mass is 9.90. The van der Waals surface area contributed by atoms with Gasteiger partial charge in [0.05, 0.1) is 5.16 Å². The van der Waals surface area contributed by atoms with Crippen LogP contribution >= 0.6 is 12.2 Å². The predicted octanol–water partition coefficient (Wildman–Crippen LogP) is 8.45. The molecule has 0 bridgehead atoms. The first kappa shape index (κ1) is 23.5. The van der Waals surface area contributed by atoms with Crippen molar-refractivity contribution >= 4 is 23.1 Å². The summed E-state index contributed by atoms with van der Waals surface area (Å²) in [5.41, 5.74) is 4.19. The van der Waals surface area contributed by atoms with Crippen molar-refractivity contribution in [2.45, 2.75) is 45.4 Å². The van der Waals surface area contributed by atoms with Gasteiger partial charge >= 0.3 is 0 Å². The first-order valence-electron chi connectivity index (χ1n) is 10.8. The minimum Gasteiger partial charge on any atom is -0.204 e. The number of hydrogen-bond donors (Lipinski definition) is 0. The summed E-state index contributed by atoms with van der Waals surface area (Å²) >= 11 is 4.41. The molecule has 0 aliphatic carbocycles. The van der Waals surface area contributed by atoms with Crippen molar-refractivity contribution in [2.24, 2.45) is 4.99 Å². The maximum atomic E-state index is 13.9. The molecule has 0 radical (unpaired) electrons. The van der Waals surface area contributed by atoms with Gasteiger partial charge in [-0.1, -0.05) is 74.9 Å². The van der Waals surface area contributed by atoms with Gasteiger partial charge in [-0.25, -0.2) is 8.78 Å². The molecule has 0 N–H and O–H groups in total. The average molecular weight is 446 g/mol. The molecule has 1 unspecified atom stereocenters. The van der Waals surface area contributed by atoms with Crippen molar-refractivity contribution in [1.29, 1.82) is 0 Å². The molecular formula is C28H25F2NS. The van der Waals surface area contributed by atoms with Gasteiger partial charge in [-0.3, -0.25) is 0 Å². The molecule has 0 amide bonds. The molecule has 4 heteroatoms. The third-order valence-corrected chi connectivity index (χ3v) is 5.62. The van der Waals surface area contributed by atoms with E-state index in [1.165, 1.54) is 24.8 Å². The van der Waals surface area contributed by atoms with Gasteiger partial charge in [0, 0.05) is 11.1 Å². The highest BCUT2D eigenvalue weighted by molar-refractivity contribution is 7.78. The number of thiocarbonyl (C=S) groups is 1. The Balaban J connectivity index is 1.74. The number of aliphatic imine (C=N–C) groups is 1. The molecule has 3 aromatic carbocycles.